The lowest BCUT2D eigenvalue weighted by Gasteiger charge is -2.18. The number of amides is 1. The Labute approximate surface area is 189 Å². The summed E-state index contributed by atoms with van der Waals surface area (Å²) >= 11 is 1.24. The van der Waals surface area contributed by atoms with Crippen LogP contribution in [0.1, 0.15) is 26.5 Å². The van der Waals surface area contributed by atoms with E-state index in [-0.39, 0.29) is 11.7 Å². The molecule has 2 aromatic carbocycles. The third kappa shape index (κ3) is 5.09. The van der Waals surface area contributed by atoms with Gasteiger partial charge in [0.15, 0.2) is 0 Å². The summed E-state index contributed by atoms with van der Waals surface area (Å²) in [6, 6.07) is 15.8. The summed E-state index contributed by atoms with van der Waals surface area (Å²) in [5, 5.41) is 0.602. The molecule has 2 aromatic heterocycles. The van der Waals surface area contributed by atoms with Gasteiger partial charge >= 0.3 is 0 Å². The first-order chi connectivity index (χ1) is 15.5. The number of aliphatic imine (C=N–C) groups is 1. The van der Waals surface area contributed by atoms with Crippen molar-refractivity contribution in [2.75, 3.05) is 11.9 Å². The molecule has 0 N–H and O–H groups in total. The topological polar surface area (TPSA) is 71.3 Å². The Morgan fingerprint density at radius 1 is 1.09 bits per heavy atom. The number of anilines is 1. The maximum Gasteiger partial charge on any atom is 0.288 e. The quantitative estimate of drug-likeness (QED) is 0.393. The molecule has 0 bridgehead atoms. The molecular formula is C24H20FN5OS. The molecule has 0 unspecified atom stereocenters. The molecule has 32 heavy (non-hydrogen) atoms. The number of rotatable bonds is 6. The summed E-state index contributed by atoms with van der Waals surface area (Å²) in [7, 11) is 1.89. The SMILES string of the molecule is Cc1nc(-c2cncc(N(C)Cc3ccc(F)cc3)n2)sc1C(=O)/N=C/c1ccccc1. The normalized spacial score (nSPS) is 11.1. The van der Waals surface area contributed by atoms with Crippen LogP contribution in [0.15, 0.2) is 72.0 Å². The van der Waals surface area contributed by atoms with Gasteiger partial charge in [-0.3, -0.25) is 9.78 Å². The van der Waals surface area contributed by atoms with E-state index in [1.807, 2.05) is 42.3 Å². The number of aromatic nitrogens is 3. The first kappa shape index (κ1) is 21.5. The number of thiazole rings is 1. The predicted octanol–water partition coefficient (Wildman–Crippen LogP) is 4.94. The largest absolute Gasteiger partial charge is 0.354 e. The molecule has 160 valence electrons. The third-order valence-electron chi connectivity index (χ3n) is 4.69. The van der Waals surface area contributed by atoms with E-state index in [0.29, 0.717) is 33.6 Å². The zero-order chi connectivity index (χ0) is 22.5. The molecule has 0 saturated heterocycles. The molecule has 0 aliphatic carbocycles. The zero-order valence-corrected chi connectivity index (χ0v) is 18.4. The lowest BCUT2D eigenvalue weighted by atomic mass is 10.2. The Morgan fingerprint density at radius 2 is 1.84 bits per heavy atom. The van der Waals surface area contributed by atoms with E-state index < -0.39 is 0 Å². The molecule has 4 rings (SSSR count). The van der Waals surface area contributed by atoms with Crippen molar-refractivity contribution >= 4 is 29.3 Å². The van der Waals surface area contributed by atoms with E-state index in [4.69, 9.17) is 0 Å². The van der Waals surface area contributed by atoms with Gasteiger partial charge in [0.2, 0.25) is 0 Å². The van der Waals surface area contributed by atoms with Crippen LogP contribution in [0.5, 0.6) is 0 Å². The maximum absolute atomic E-state index is 13.1. The first-order valence-corrected chi connectivity index (χ1v) is 10.7. The van der Waals surface area contributed by atoms with Crippen LogP contribution in [0.2, 0.25) is 0 Å². The fourth-order valence-electron chi connectivity index (χ4n) is 3.02. The summed E-state index contributed by atoms with van der Waals surface area (Å²) in [5.41, 5.74) is 2.99. The van der Waals surface area contributed by atoms with E-state index in [9.17, 15) is 9.18 Å². The van der Waals surface area contributed by atoms with Crippen LogP contribution in [0, 0.1) is 12.7 Å². The minimum Gasteiger partial charge on any atom is -0.354 e. The van der Waals surface area contributed by atoms with E-state index in [0.717, 1.165) is 11.1 Å². The highest BCUT2D eigenvalue weighted by atomic mass is 32.1. The molecule has 4 aromatic rings. The molecule has 0 radical (unpaired) electrons. The Morgan fingerprint density at radius 3 is 2.59 bits per heavy atom. The van der Waals surface area contributed by atoms with Crippen molar-refractivity contribution in [3.05, 3.63) is 94.5 Å². The molecule has 0 atom stereocenters. The smallest absolute Gasteiger partial charge is 0.288 e. The Balaban J connectivity index is 1.52. The van der Waals surface area contributed by atoms with Gasteiger partial charge in [-0.25, -0.2) is 19.4 Å². The predicted molar refractivity (Wildman–Crippen MR) is 125 cm³/mol. The van der Waals surface area contributed by atoms with Gasteiger partial charge < -0.3 is 4.90 Å². The number of carbonyl (C=O) groups is 1. The lowest BCUT2D eigenvalue weighted by Crippen LogP contribution is -2.18. The van der Waals surface area contributed by atoms with Gasteiger partial charge in [-0.15, -0.1) is 11.3 Å². The number of halogens is 1. The van der Waals surface area contributed by atoms with Crippen molar-refractivity contribution in [1.82, 2.24) is 15.0 Å². The minimum absolute atomic E-state index is 0.268. The lowest BCUT2D eigenvalue weighted by molar-refractivity contribution is 0.101. The fourth-order valence-corrected chi connectivity index (χ4v) is 3.93. The van der Waals surface area contributed by atoms with Gasteiger partial charge in [0, 0.05) is 19.8 Å². The highest BCUT2D eigenvalue weighted by Gasteiger charge is 2.17. The van der Waals surface area contributed by atoms with Crippen molar-refractivity contribution in [1.29, 1.82) is 0 Å². The van der Waals surface area contributed by atoms with Gasteiger partial charge in [0.05, 0.1) is 18.1 Å². The van der Waals surface area contributed by atoms with E-state index in [1.165, 1.54) is 23.5 Å². The van der Waals surface area contributed by atoms with Crippen molar-refractivity contribution in [3.8, 4) is 10.7 Å². The van der Waals surface area contributed by atoms with Crippen molar-refractivity contribution in [2.45, 2.75) is 13.5 Å². The van der Waals surface area contributed by atoms with Gasteiger partial charge in [-0.05, 0) is 30.2 Å². The summed E-state index contributed by atoms with van der Waals surface area (Å²) < 4.78 is 13.1. The number of hydrogen-bond donors (Lipinski definition) is 0. The van der Waals surface area contributed by atoms with Crippen LogP contribution in [0.25, 0.3) is 10.7 Å². The van der Waals surface area contributed by atoms with Crippen LogP contribution in [0.3, 0.4) is 0 Å². The number of hydrogen-bond acceptors (Lipinski definition) is 6. The monoisotopic (exact) mass is 445 g/mol. The van der Waals surface area contributed by atoms with Crippen LogP contribution in [-0.4, -0.2) is 34.1 Å². The zero-order valence-electron chi connectivity index (χ0n) is 17.6. The van der Waals surface area contributed by atoms with Crippen LogP contribution < -0.4 is 4.90 Å². The summed E-state index contributed by atoms with van der Waals surface area (Å²) in [4.78, 5) is 32.5. The molecule has 6 nitrogen and oxygen atoms in total. The first-order valence-electron chi connectivity index (χ1n) is 9.88. The highest BCUT2D eigenvalue weighted by molar-refractivity contribution is 7.17. The van der Waals surface area contributed by atoms with Crippen LogP contribution in [-0.2, 0) is 6.54 Å². The number of benzene rings is 2. The van der Waals surface area contributed by atoms with Gasteiger partial charge in [0.25, 0.3) is 5.91 Å². The van der Waals surface area contributed by atoms with E-state index in [1.54, 1.807) is 37.7 Å². The second-order valence-electron chi connectivity index (χ2n) is 7.15. The molecular weight excluding hydrogens is 425 g/mol. The second-order valence-corrected chi connectivity index (χ2v) is 8.15. The van der Waals surface area contributed by atoms with Gasteiger partial charge in [-0.1, -0.05) is 42.5 Å². The van der Waals surface area contributed by atoms with E-state index in [2.05, 4.69) is 19.9 Å². The summed E-state index contributed by atoms with van der Waals surface area (Å²) in [6.45, 7) is 2.33. The standard InChI is InChI=1S/C24H20FN5OS/c1-16-22(23(31)27-12-17-6-4-3-5-7-17)32-24(28-16)20-13-26-14-21(29-20)30(2)15-18-8-10-19(25)11-9-18/h3-14H,15H2,1-2H3/b27-12+. The molecule has 0 fully saturated rings. The molecule has 1 amide bonds. The number of aryl methyl sites for hydroxylation is 1. The minimum atomic E-state index is -0.340. The highest BCUT2D eigenvalue weighted by Crippen LogP contribution is 2.28. The summed E-state index contributed by atoms with van der Waals surface area (Å²) in [5.74, 6) is 0.0399. The Hall–Kier alpha value is -3.78. The van der Waals surface area contributed by atoms with Gasteiger partial charge in [-0.2, -0.15) is 0 Å². The summed E-state index contributed by atoms with van der Waals surface area (Å²) in [6.07, 6.45) is 4.82. The maximum atomic E-state index is 13.1. The molecule has 0 aliphatic heterocycles. The molecule has 0 aliphatic rings. The average Bonchev–Trinajstić information content (AvgIpc) is 3.21. The van der Waals surface area contributed by atoms with Crippen molar-refractivity contribution in [2.24, 2.45) is 4.99 Å². The van der Waals surface area contributed by atoms with Gasteiger partial charge in [0.1, 0.15) is 27.2 Å². The van der Waals surface area contributed by atoms with Crippen LogP contribution in [0.4, 0.5) is 10.2 Å². The fraction of sp³-hybridized carbons (Fsp3) is 0.125. The third-order valence-corrected chi connectivity index (χ3v) is 5.85. The Kier molecular flexibility index (Phi) is 6.42. The number of carbonyl (C=O) groups excluding carboxylic acids is 1. The number of nitrogens with zero attached hydrogens (tertiary/aromatic N) is 5. The molecule has 0 saturated carbocycles. The van der Waals surface area contributed by atoms with Crippen molar-refractivity contribution in [3.63, 3.8) is 0 Å². The molecule has 8 heteroatoms. The molecule has 2 heterocycles. The second kappa shape index (κ2) is 9.57. The van der Waals surface area contributed by atoms with Crippen LogP contribution >= 0.6 is 11.3 Å². The van der Waals surface area contributed by atoms with E-state index >= 15 is 0 Å². The van der Waals surface area contributed by atoms with Crippen molar-refractivity contribution < 1.29 is 9.18 Å². The molecule has 0 spiro atoms. The average molecular weight is 446 g/mol. The Bertz CT molecular complexity index is 1260.